The van der Waals surface area contributed by atoms with E-state index in [9.17, 15) is 0 Å². The summed E-state index contributed by atoms with van der Waals surface area (Å²) in [4.78, 5) is 9.17. The van der Waals surface area contributed by atoms with Crippen molar-refractivity contribution >= 4 is 11.8 Å². The number of hydrogen-bond acceptors (Lipinski definition) is 5. The molecule has 0 unspecified atom stereocenters. The molecule has 2 aliphatic rings. The Kier molecular flexibility index (Phi) is 6.50. The first kappa shape index (κ1) is 21.3. The number of likely N-dealkylation sites (tertiary alicyclic amines) is 1. The lowest BCUT2D eigenvalue weighted by atomic mass is 9.96. The van der Waals surface area contributed by atoms with Crippen LogP contribution in [0.15, 0.2) is 55.6 Å². The third kappa shape index (κ3) is 5.04. The molecule has 0 spiro atoms. The number of aryl methyl sites for hydroxylation is 1. The van der Waals surface area contributed by atoms with Crippen molar-refractivity contribution in [2.75, 3.05) is 25.0 Å². The lowest BCUT2D eigenvalue weighted by molar-refractivity contribution is 0.00160. The van der Waals surface area contributed by atoms with Crippen LogP contribution in [-0.4, -0.2) is 42.2 Å². The van der Waals surface area contributed by atoms with Crippen molar-refractivity contribution in [1.29, 1.82) is 0 Å². The van der Waals surface area contributed by atoms with Crippen LogP contribution in [0.25, 0.3) is 6.08 Å². The van der Waals surface area contributed by atoms with Crippen LogP contribution in [0.1, 0.15) is 43.2 Å². The summed E-state index contributed by atoms with van der Waals surface area (Å²) in [6, 6.07) is 10.4. The molecular formula is C26H33N3O2. The smallest absolute Gasteiger partial charge is 0.219 e. The highest BCUT2D eigenvalue weighted by Gasteiger charge is 2.27. The Labute approximate surface area is 186 Å². The molecule has 0 atom stereocenters. The predicted molar refractivity (Wildman–Crippen MR) is 126 cm³/mol. The highest BCUT2D eigenvalue weighted by Crippen LogP contribution is 2.31. The Morgan fingerprint density at radius 1 is 1.16 bits per heavy atom. The number of benzene rings is 1. The van der Waals surface area contributed by atoms with Crippen LogP contribution in [0.3, 0.4) is 0 Å². The topological polar surface area (TPSA) is 37.8 Å². The molecule has 1 aromatic carbocycles. The van der Waals surface area contributed by atoms with Gasteiger partial charge >= 0.3 is 0 Å². The summed E-state index contributed by atoms with van der Waals surface area (Å²) in [7, 11) is 2.14. The first-order valence-electron chi connectivity index (χ1n) is 11.2. The van der Waals surface area contributed by atoms with E-state index in [1.165, 1.54) is 24.8 Å². The molecule has 2 aromatic rings. The Balaban J connectivity index is 1.37. The third-order valence-corrected chi connectivity index (χ3v) is 6.45. The number of nitrogens with zero attached hydrogens (tertiary/aromatic N) is 3. The first-order chi connectivity index (χ1) is 15.0. The maximum Gasteiger partial charge on any atom is 0.219 e. The maximum atomic E-state index is 5.99. The minimum Gasteiger partial charge on any atom is -0.476 e. The Bertz CT molecular complexity index is 913. The fourth-order valence-corrected chi connectivity index (χ4v) is 4.14. The Hall–Kier alpha value is -2.95. The summed E-state index contributed by atoms with van der Waals surface area (Å²) >= 11 is 0. The second-order valence-electron chi connectivity index (χ2n) is 8.59. The minimum absolute atomic E-state index is 0.384. The van der Waals surface area contributed by atoms with E-state index in [1.54, 1.807) is 0 Å². The second-order valence-corrected chi connectivity index (χ2v) is 8.59. The van der Waals surface area contributed by atoms with Crippen LogP contribution in [-0.2, 0) is 4.74 Å². The van der Waals surface area contributed by atoms with Crippen molar-refractivity contribution in [1.82, 2.24) is 9.88 Å². The molecule has 1 aromatic heterocycles. The molecule has 0 amide bonds. The summed E-state index contributed by atoms with van der Waals surface area (Å²) in [5.74, 6) is 2.21. The van der Waals surface area contributed by atoms with Gasteiger partial charge in [-0.05, 0) is 57.7 Å². The summed E-state index contributed by atoms with van der Waals surface area (Å²) in [6.45, 7) is 12.2. The molecule has 1 saturated carbocycles. The molecule has 31 heavy (non-hydrogen) atoms. The van der Waals surface area contributed by atoms with Gasteiger partial charge in [-0.15, -0.1) is 0 Å². The number of rotatable bonds is 8. The molecule has 5 heteroatoms. The van der Waals surface area contributed by atoms with Gasteiger partial charge in [0, 0.05) is 37.8 Å². The fraction of sp³-hybridized carbons (Fsp3) is 0.423. The van der Waals surface area contributed by atoms with Crippen molar-refractivity contribution < 1.29 is 9.47 Å². The maximum absolute atomic E-state index is 5.99. The predicted octanol–water partition coefficient (Wildman–Crippen LogP) is 5.77. The van der Waals surface area contributed by atoms with Gasteiger partial charge in [-0.2, -0.15) is 0 Å². The summed E-state index contributed by atoms with van der Waals surface area (Å²) in [6.07, 6.45) is 9.88. The molecule has 1 aliphatic heterocycles. The van der Waals surface area contributed by atoms with E-state index < -0.39 is 0 Å². The van der Waals surface area contributed by atoms with Crippen molar-refractivity contribution in [3.8, 4) is 11.6 Å². The monoisotopic (exact) mass is 419 g/mol. The van der Waals surface area contributed by atoms with E-state index in [4.69, 9.17) is 9.47 Å². The van der Waals surface area contributed by atoms with Gasteiger partial charge in [-0.3, -0.25) is 0 Å². The Morgan fingerprint density at radius 3 is 2.48 bits per heavy atom. The number of aromatic nitrogens is 1. The number of ether oxygens (including phenoxy) is 2. The van der Waals surface area contributed by atoms with Crippen LogP contribution in [0.4, 0.5) is 5.69 Å². The standard InChI is InChI=1S/C26H33N3O2/c1-5-21-17-26(31-24-11-9-19(2)10-12-24)27-18-25(21)28(4)22-13-15-29(16-14-22)20(3)30-23-7-6-8-23/h5,9-12,17-18,22-23H,1,3,6-8,13-16H2,2,4H3. The molecule has 4 rings (SSSR count). The van der Waals surface area contributed by atoms with Crippen LogP contribution in [0.2, 0.25) is 0 Å². The van der Waals surface area contributed by atoms with Gasteiger partial charge in [0.05, 0.1) is 11.9 Å². The quantitative estimate of drug-likeness (QED) is 0.508. The summed E-state index contributed by atoms with van der Waals surface area (Å²) in [5, 5.41) is 0. The first-order valence-corrected chi connectivity index (χ1v) is 11.2. The van der Waals surface area contributed by atoms with Gasteiger partial charge < -0.3 is 19.3 Å². The number of piperidine rings is 1. The van der Waals surface area contributed by atoms with Gasteiger partial charge in [0.15, 0.2) is 5.88 Å². The van der Waals surface area contributed by atoms with Crippen molar-refractivity contribution in [3.63, 3.8) is 0 Å². The highest BCUT2D eigenvalue weighted by atomic mass is 16.5. The number of pyridine rings is 1. The van der Waals surface area contributed by atoms with Gasteiger partial charge in [-0.1, -0.05) is 30.4 Å². The molecule has 0 radical (unpaired) electrons. The average molecular weight is 420 g/mol. The fourth-order valence-electron chi connectivity index (χ4n) is 4.14. The second kappa shape index (κ2) is 9.46. The number of hydrogen-bond donors (Lipinski definition) is 0. The third-order valence-electron chi connectivity index (χ3n) is 6.45. The van der Waals surface area contributed by atoms with Gasteiger partial charge in [0.2, 0.25) is 5.88 Å². The van der Waals surface area contributed by atoms with Crippen LogP contribution >= 0.6 is 0 Å². The van der Waals surface area contributed by atoms with E-state index >= 15 is 0 Å². The van der Waals surface area contributed by atoms with Crippen molar-refractivity contribution in [2.45, 2.75) is 51.2 Å². The average Bonchev–Trinajstić information content (AvgIpc) is 2.77. The van der Waals surface area contributed by atoms with E-state index in [0.29, 0.717) is 18.0 Å². The lowest BCUT2D eigenvalue weighted by Gasteiger charge is -2.40. The van der Waals surface area contributed by atoms with E-state index in [1.807, 2.05) is 42.6 Å². The zero-order valence-corrected chi connectivity index (χ0v) is 18.7. The van der Waals surface area contributed by atoms with Crippen LogP contribution < -0.4 is 9.64 Å². The molecule has 1 saturated heterocycles. The van der Waals surface area contributed by atoms with Gasteiger partial charge in [0.1, 0.15) is 11.9 Å². The van der Waals surface area contributed by atoms with Crippen molar-refractivity contribution in [3.05, 3.63) is 66.7 Å². The van der Waals surface area contributed by atoms with E-state index in [-0.39, 0.29) is 0 Å². The zero-order valence-electron chi connectivity index (χ0n) is 18.7. The van der Waals surface area contributed by atoms with Gasteiger partial charge in [0.25, 0.3) is 0 Å². The summed E-state index contributed by atoms with van der Waals surface area (Å²) in [5.41, 5.74) is 3.31. The normalized spacial score (nSPS) is 17.0. The molecule has 5 nitrogen and oxygen atoms in total. The number of anilines is 1. The molecule has 1 aliphatic carbocycles. The molecular weight excluding hydrogens is 386 g/mol. The van der Waals surface area contributed by atoms with E-state index in [0.717, 1.165) is 48.8 Å². The molecule has 0 N–H and O–H groups in total. The SMILES string of the molecule is C=Cc1cc(Oc2ccc(C)cc2)ncc1N(C)C1CCN(C(=C)OC2CCC2)CC1. The zero-order chi connectivity index (χ0) is 21.8. The van der Waals surface area contributed by atoms with E-state index in [2.05, 4.69) is 41.9 Å². The molecule has 2 fully saturated rings. The van der Waals surface area contributed by atoms with Crippen LogP contribution in [0.5, 0.6) is 11.6 Å². The lowest BCUT2D eigenvalue weighted by Crippen LogP contribution is -2.44. The molecule has 164 valence electrons. The van der Waals surface area contributed by atoms with Gasteiger partial charge in [-0.25, -0.2) is 4.98 Å². The molecule has 2 heterocycles. The largest absolute Gasteiger partial charge is 0.476 e. The summed E-state index contributed by atoms with van der Waals surface area (Å²) < 4.78 is 11.9. The molecule has 0 bridgehead atoms. The highest BCUT2D eigenvalue weighted by molar-refractivity contribution is 5.67. The van der Waals surface area contributed by atoms with Crippen molar-refractivity contribution in [2.24, 2.45) is 0 Å². The minimum atomic E-state index is 0.384. The van der Waals surface area contributed by atoms with Crippen LogP contribution in [0, 0.1) is 6.92 Å². The Morgan fingerprint density at radius 2 is 1.87 bits per heavy atom.